The average molecular weight is 502 g/mol. The second-order valence-electron chi connectivity index (χ2n) is 8.44. The van der Waals surface area contributed by atoms with Gasteiger partial charge in [-0.05, 0) is 41.3 Å². The Morgan fingerprint density at radius 2 is 1.59 bits per heavy atom. The van der Waals surface area contributed by atoms with Gasteiger partial charge < -0.3 is 14.2 Å². The highest BCUT2D eigenvalue weighted by molar-refractivity contribution is 6.37. The van der Waals surface area contributed by atoms with Crippen LogP contribution in [0.2, 0.25) is 10.0 Å². The topological polar surface area (TPSA) is 44.8 Å². The summed E-state index contributed by atoms with van der Waals surface area (Å²) in [7, 11) is 0. The molecule has 0 aliphatic carbocycles. The molecular weight excluding hydrogens is 471 g/mol. The first-order valence-electron chi connectivity index (χ1n) is 10.7. The van der Waals surface area contributed by atoms with Crippen molar-refractivity contribution in [2.45, 2.75) is 52.6 Å². The van der Waals surface area contributed by atoms with Crippen LogP contribution in [-0.2, 0) is 14.9 Å². The minimum absolute atomic E-state index is 0.0589. The number of hydrogen-bond donors (Lipinski definition) is 0. The van der Waals surface area contributed by atoms with E-state index in [0.29, 0.717) is 28.3 Å². The van der Waals surface area contributed by atoms with E-state index in [1.54, 1.807) is 0 Å². The first kappa shape index (κ1) is 26.6. The van der Waals surface area contributed by atoms with Gasteiger partial charge in [-0.25, -0.2) is 0 Å². The van der Waals surface area contributed by atoms with E-state index in [0.717, 1.165) is 23.3 Å². The van der Waals surface area contributed by atoms with Crippen LogP contribution in [0, 0.1) is 5.92 Å². The monoisotopic (exact) mass is 500 g/mol. The SMILES string of the molecule is CCC(C)COc1ccc(C(C)(C)c2cc(Cl)c(OCC(CCl)OC(C)=O)c(Cl)c2)cc1. The number of esters is 1. The van der Waals surface area contributed by atoms with Gasteiger partial charge in [0.2, 0.25) is 0 Å². The van der Waals surface area contributed by atoms with Crippen molar-refractivity contribution in [3.63, 3.8) is 0 Å². The zero-order chi connectivity index (χ0) is 23.9. The third-order valence-electron chi connectivity index (χ3n) is 5.45. The van der Waals surface area contributed by atoms with E-state index >= 15 is 0 Å². The quantitative estimate of drug-likeness (QED) is 0.239. The number of ether oxygens (including phenoxy) is 3. The predicted octanol–water partition coefficient (Wildman–Crippen LogP) is 7.29. The molecule has 0 spiro atoms. The molecule has 7 heteroatoms. The zero-order valence-electron chi connectivity index (χ0n) is 19.2. The Morgan fingerprint density at radius 3 is 2.09 bits per heavy atom. The maximum absolute atomic E-state index is 11.2. The summed E-state index contributed by atoms with van der Waals surface area (Å²) in [5.41, 5.74) is 1.70. The van der Waals surface area contributed by atoms with Gasteiger partial charge in [-0.2, -0.15) is 0 Å². The van der Waals surface area contributed by atoms with Gasteiger partial charge in [0.25, 0.3) is 0 Å². The summed E-state index contributed by atoms with van der Waals surface area (Å²) in [5.74, 6) is 1.39. The Balaban J connectivity index is 2.17. The van der Waals surface area contributed by atoms with Crippen molar-refractivity contribution in [3.05, 3.63) is 57.6 Å². The number of benzene rings is 2. The fourth-order valence-electron chi connectivity index (χ4n) is 3.07. The van der Waals surface area contributed by atoms with Crippen molar-refractivity contribution < 1.29 is 19.0 Å². The molecule has 0 N–H and O–H groups in total. The number of alkyl halides is 1. The highest BCUT2D eigenvalue weighted by atomic mass is 35.5. The molecule has 2 aromatic carbocycles. The van der Waals surface area contributed by atoms with E-state index < -0.39 is 12.1 Å². The lowest BCUT2D eigenvalue weighted by Crippen LogP contribution is -2.26. The van der Waals surface area contributed by atoms with Gasteiger partial charge in [0, 0.05) is 12.3 Å². The van der Waals surface area contributed by atoms with Gasteiger partial charge in [-0.15, -0.1) is 11.6 Å². The van der Waals surface area contributed by atoms with Gasteiger partial charge in [0.1, 0.15) is 18.5 Å². The molecule has 0 saturated heterocycles. The van der Waals surface area contributed by atoms with E-state index in [4.69, 9.17) is 49.0 Å². The molecule has 2 aromatic rings. The smallest absolute Gasteiger partial charge is 0.303 e. The van der Waals surface area contributed by atoms with Crippen LogP contribution in [0.5, 0.6) is 11.5 Å². The molecule has 32 heavy (non-hydrogen) atoms. The summed E-state index contributed by atoms with van der Waals surface area (Å²) in [6, 6.07) is 11.8. The normalized spacial score (nSPS) is 13.4. The summed E-state index contributed by atoms with van der Waals surface area (Å²) in [4.78, 5) is 11.2. The van der Waals surface area contributed by atoms with Crippen molar-refractivity contribution in [1.82, 2.24) is 0 Å². The lowest BCUT2D eigenvalue weighted by Gasteiger charge is -2.27. The second-order valence-corrected chi connectivity index (χ2v) is 9.56. The van der Waals surface area contributed by atoms with Crippen LogP contribution >= 0.6 is 34.8 Å². The molecule has 4 nitrogen and oxygen atoms in total. The standard InChI is InChI=1S/C25H31Cl3O4/c1-6-16(2)14-30-20-9-7-18(8-10-20)25(4,5)19-11-22(27)24(23(28)12-19)31-15-21(13-26)32-17(3)29/h7-12,16,21H,6,13-15H2,1-5H3. The van der Waals surface area contributed by atoms with Gasteiger partial charge in [-0.1, -0.05) is 69.5 Å². The fraction of sp³-hybridized carbons (Fsp3) is 0.480. The molecule has 0 heterocycles. The summed E-state index contributed by atoms with van der Waals surface area (Å²) in [6.07, 6.45) is 0.501. The van der Waals surface area contributed by atoms with Gasteiger partial charge in [0.15, 0.2) is 5.75 Å². The zero-order valence-corrected chi connectivity index (χ0v) is 21.5. The maximum atomic E-state index is 11.2. The van der Waals surface area contributed by atoms with E-state index in [1.807, 2.05) is 24.3 Å². The van der Waals surface area contributed by atoms with Crippen molar-refractivity contribution in [2.24, 2.45) is 5.92 Å². The number of carbonyl (C=O) groups is 1. The van der Waals surface area contributed by atoms with E-state index in [9.17, 15) is 4.79 Å². The molecule has 0 radical (unpaired) electrons. The molecule has 2 rings (SSSR count). The Morgan fingerprint density at radius 1 is 1.00 bits per heavy atom. The molecule has 2 atom stereocenters. The molecule has 0 amide bonds. The Hall–Kier alpha value is -1.62. The van der Waals surface area contributed by atoms with Gasteiger partial charge >= 0.3 is 5.97 Å². The molecule has 0 aliphatic heterocycles. The summed E-state index contributed by atoms with van der Waals surface area (Å²) in [6.45, 7) is 10.6. The molecule has 0 saturated carbocycles. The second kappa shape index (κ2) is 12.0. The van der Waals surface area contributed by atoms with E-state index in [1.165, 1.54) is 6.92 Å². The van der Waals surface area contributed by atoms with Gasteiger partial charge in [0.05, 0.1) is 22.5 Å². The first-order chi connectivity index (χ1) is 15.1. The summed E-state index contributed by atoms with van der Waals surface area (Å²) >= 11 is 18.8. The number of hydrogen-bond acceptors (Lipinski definition) is 4. The van der Waals surface area contributed by atoms with E-state index in [2.05, 4.69) is 39.8 Å². The summed E-state index contributed by atoms with van der Waals surface area (Å²) in [5, 5.41) is 0.760. The molecule has 0 aromatic heterocycles. The molecular formula is C25H31Cl3O4. The minimum Gasteiger partial charge on any atom is -0.493 e. The Labute approximate surface area is 206 Å². The molecule has 0 aliphatic rings. The van der Waals surface area contributed by atoms with E-state index in [-0.39, 0.29) is 17.9 Å². The Bertz CT molecular complexity index is 874. The van der Waals surface area contributed by atoms with Crippen molar-refractivity contribution in [3.8, 4) is 11.5 Å². The third-order valence-corrected chi connectivity index (χ3v) is 6.35. The van der Waals surface area contributed by atoms with Crippen molar-refractivity contribution in [2.75, 3.05) is 19.1 Å². The molecule has 176 valence electrons. The highest BCUT2D eigenvalue weighted by Crippen LogP contribution is 2.40. The lowest BCUT2D eigenvalue weighted by atomic mass is 9.78. The molecule has 0 bridgehead atoms. The minimum atomic E-state index is -0.585. The number of carbonyl (C=O) groups excluding carboxylic acids is 1. The van der Waals surface area contributed by atoms with Crippen LogP contribution in [0.1, 0.15) is 52.2 Å². The van der Waals surface area contributed by atoms with Gasteiger partial charge in [-0.3, -0.25) is 4.79 Å². The summed E-state index contributed by atoms with van der Waals surface area (Å²) < 4.78 is 16.7. The third kappa shape index (κ3) is 7.19. The first-order valence-corrected chi connectivity index (χ1v) is 12.0. The number of halogens is 3. The Kier molecular flexibility index (Phi) is 10.00. The highest BCUT2D eigenvalue weighted by Gasteiger charge is 2.26. The van der Waals surface area contributed by atoms with Crippen LogP contribution in [0.15, 0.2) is 36.4 Å². The van der Waals surface area contributed by atoms with Crippen LogP contribution < -0.4 is 9.47 Å². The van der Waals surface area contributed by atoms with Crippen molar-refractivity contribution >= 4 is 40.8 Å². The largest absolute Gasteiger partial charge is 0.493 e. The predicted molar refractivity (Wildman–Crippen MR) is 132 cm³/mol. The van der Waals surface area contributed by atoms with Crippen LogP contribution in [0.4, 0.5) is 0 Å². The molecule has 0 fully saturated rings. The lowest BCUT2D eigenvalue weighted by molar-refractivity contribution is -0.146. The van der Waals surface area contributed by atoms with Crippen LogP contribution in [0.25, 0.3) is 0 Å². The van der Waals surface area contributed by atoms with Crippen LogP contribution in [0.3, 0.4) is 0 Å². The molecule has 2 unspecified atom stereocenters. The number of rotatable bonds is 11. The average Bonchev–Trinajstić information content (AvgIpc) is 2.75. The van der Waals surface area contributed by atoms with Crippen molar-refractivity contribution in [1.29, 1.82) is 0 Å². The van der Waals surface area contributed by atoms with Crippen LogP contribution in [-0.4, -0.2) is 31.2 Å². The maximum Gasteiger partial charge on any atom is 0.303 e. The fourth-order valence-corrected chi connectivity index (χ4v) is 3.82.